The number of fused-ring (bicyclic) bond motifs is 2. The second-order valence-corrected chi connectivity index (χ2v) is 6.42. The Morgan fingerprint density at radius 3 is 2.30 bits per heavy atom. The highest BCUT2D eigenvalue weighted by Crippen LogP contribution is 2.35. The van der Waals surface area contributed by atoms with E-state index in [0.717, 1.165) is 31.7 Å². The maximum Gasteiger partial charge on any atom is 0.119 e. The van der Waals surface area contributed by atoms with E-state index in [-0.39, 0.29) is 6.10 Å². The predicted molar refractivity (Wildman–Crippen MR) is 80.2 cm³/mol. The van der Waals surface area contributed by atoms with Gasteiger partial charge in [-0.2, -0.15) is 0 Å². The van der Waals surface area contributed by atoms with Crippen LogP contribution in [0.15, 0.2) is 18.2 Å². The van der Waals surface area contributed by atoms with Gasteiger partial charge in [-0.05, 0) is 62.8 Å². The molecule has 2 fully saturated rings. The van der Waals surface area contributed by atoms with Gasteiger partial charge in [-0.3, -0.25) is 4.90 Å². The van der Waals surface area contributed by atoms with Crippen LogP contribution >= 0.6 is 0 Å². The summed E-state index contributed by atoms with van der Waals surface area (Å²) in [5.41, 5.74) is 2.50. The van der Waals surface area contributed by atoms with Crippen molar-refractivity contribution in [3.63, 3.8) is 0 Å². The Morgan fingerprint density at radius 1 is 1.10 bits per heavy atom. The van der Waals surface area contributed by atoms with E-state index in [0.29, 0.717) is 12.1 Å². The highest BCUT2D eigenvalue weighted by atomic mass is 16.5. The molecule has 2 aliphatic rings. The molecule has 0 radical (unpaired) electrons. The van der Waals surface area contributed by atoms with E-state index < -0.39 is 0 Å². The van der Waals surface area contributed by atoms with Crippen molar-refractivity contribution < 1.29 is 9.84 Å². The molecule has 1 N–H and O–H groups in total. The summed E-state index contributed by atoms with van der Waals surface area (Å²) < 4.78 is 5.92. The van der Waals surface area contributed by atoms with E-state index in [9.17, 15) is 5.11 Å². The zero-order valence-electron chi connectivity index (χ0n) is 12.5. The maximum absolute atomic E-state index is 9.81. The topological polar surface area (TPSA) is 32.7 Å². The number of hydrogen-bond donors (Lipinski definition) is 1. The van der Waals surface area contributed by atoms with Crippen LogP contribution in [0.1, 0.15) is 36.8 Å². The molecule has 2 bridgehead atoms. The first-order chi connectivity index (χ1) is 9.61. The lowest BCUT2D eigenvalue weighted by Crippen LogP contribution is -2.46. The van der Waals surface area contributed by atoms with Gasteiger partial charge in [-0.15, -0.1) is 0 Å². The normalized spacial score (nSPS) is 29.6. The van der Waals surface area contributed by atoms with Crippen LogP contribution in [-0.4, -0.2) is 41.3 Å². The van der Waals surface area contributed by atoms with Gasteiger partial charge in [0.1, 0.15) is 12.4 Å². The molecule has 2 aliphatic heterocycles. The highest BCUT2D eigenvalue weighted by Gasteiger charge is 2.39. The monoisotopic (exact) mass is 275 g/mol. The predicted octanol–water partition coefficient (Wildman–Crippen LogP) is 2.67. The minimum absolute atomic E-state index is 0.0795. The van der Waals surface area contributed by atoms with Gasteiger partial charge >= 0.3 is 0 Å². The first-order valence-electron chi connectivity index (χ1n) is 7.77. The first kappa shape index (κ1) is 13.9. The molecular weight excluding hydrogens is 250 g/mol. The number of nitrogens with zero attached hydrogens (tertiary/aromatic N) is 1. The van der Waals surface area contributed by atoms with E-state index in [1.165, 1.54) is 24.0 Å². The third kappa shape index (κ3) is 2.99. The van der Waals surface area contributed by atoms with Crippen molar-refractivity contribution in [1.29, 1.82) is 0 Å². The van der Waals surface area contributed by atoms with Crippen molar-refractivity contribution in [3.8, 4) is 5.75 Å². The molecule has 2 saturated heterocycles. The molecule has 2 unspecified atom stereocenters. The van der Waals surface area contributed by atoms with Crippen molar-refractivity contribution in [2.45, 2.75) is 57.7 Å². The summed E-state index contributed by atoms with van der Waals surface area (Å²) >= 11 is 0. The Balaban J connectivity index is 1.53. The lowest BCUT2D eigenvalue weighted by Gasteiger charge is -2.36. The lowest BCUT2D eigenvalue weighted by molar-refractivity contribution is 0.0288. The Morgan fingerprint density at radius 2 is 1.70 bits per heavy atom. The Kier molecular flexibility index (Phi) is 3.99. The fourth-order valence-corrected chi connectivity index (χ4v) is 3.90. The molecule has 0 amide bonds. The SMILES string of the molecule is Cc1cc(C)cc(OCCN2C3CCC2CC(O)C3)c1. The zero-order chi connectivity index (χ0) is 14.1. The number of ether oxygens (including phenoxy) is 1. The molecule has 3 rings (SSSR count). The summed E-state index contributed by atoms with van der Waals surface area (Å²) in [5.74, 6) is 0.979. The van der Waals surface area contributed by atoms with Gasteiger partial charge in [-0.25, -0.2) is 0 Å². The molecule has 1 aromatic carbocycles. The molecule has 0 spiro atoms. The zero-order valence-corrected chi connectivity index (χ0v) is 12.5. The van der Waals surface area contributed by atoms with Crippen molar-refractivity contribution >= 4 is 0 Å². The third-order valence-corrected chi connectivity index (χ3v) is 4.67. The van der Waals surface area contributed by atoms with Crippen molar-refractivity contribution in [3.05, 3.63) is 29.3 Å². The largest absolute Gasteiger partial charge is 0.492 e. The third-order valence-electron chi connectivity index (χ3n) is 4.67. The van der Waals surface area contributed by atoms with E-state index in [4.69, 9.17) is 4.74 Å². The van der Waals surface area contributed by atoms with E-state index in [2.05, 4.69) is 36.9 Å². The van der Waals surface area contributed by atoms with E-state index >= 15 is 0 Å². The van der Waals surface area contributed by atoms with Crippen LogP contribution in [0.4, 0.5) is 0 Å². The number of aryl methyl sites for hydroxylation is 2. The number of aliphatic hydroxyl groups is 1. The number of benzene rings is 1. The van der Waals surface area contributed by atoms with Crippen molar-refractivity contribution in [2.75, 3.05) is 13.2 Å². The molecule has 20 heavy (non-hydrogen) atoms. The maximum atomic E-state index is 9.81. The van der Waals surface area contributed by atoms with Crippen LogP contribution < -0.4 is 4.74 Å². The van der Waals surface area contributed by atoms with Crippen LogP contribution in [-0.2, 0) is 0 Å². The van der Waals surface area contributed by atoms with Gasteiger partial charge in [0.2, 0.25) is 0 Å². The Labute approximate surface area is 121 Å². The summed E-state index contributed by atoms with van der Waals surface area (Å²) in [4.78, 5) is 2.55. The van der Waals surface area contributed by atoms with Crippen LogP contribution in [0, 0.1) is 13.8 Å². The molecule has 0 aliphatic carbocycles. The minimum Gasteiger partial charge on any atom is -0.492 e. The number of aliphatic hydroxyl groups excluding tert-OH is 1. The molecule has 3 nitrogen and oxygen atoms in total. The molecule has 1 aromatic rings. The average molecular weight is 275 g/mol. The number of piperidine rings is 1. The number of rotatable bonds is 4. The summed E-state index contributed by atoms with van der Waals surface area (Å²) in [6, 6.07) is 7.51. The first-order valence-corrected chi connectivity index (χ1v) is 7.77. The van der Waals surface area contributed by atoms with Gasteiger partial charge in [0.25, 0.3) is 0 Å². The summed E-state index contributed by atoms with van der Waals surface area (Å²) in [5, 5.41) is 9.81. The number of hydrogen-bond acceptors (Lipinski definition) is 3. The molecule has 0 saturated carbocycles. The van der Waals surface area contributed by atoms with E-state index in [1.807, 2.05) is 0 Å². The van der Waals surface area contributed by atoms with Gasteiger partial charge in [0.05, 0.1) is 6.10 Å². The fourth-order valence-electron chi connectivity index (χ4n) is 3.90. The lowest BCUT2D eigenvalue weighted by atomic mass is 10.0. The van der Waals surface area contributed by atoms with Crippen molar-refractivity contribution in [1.82, 2.24) is 4.90 Å². The van der Waals surface area contributed by atoms with Crippen molar-refractivity contribution in [2.24, 2.45) is 0 Å². The van der Waals surface area contributed by atoms with Crippen LogP contribution in [0.2, 0.25) is 0 Å². The quantitative estimate of drug-likeness (QED) is 0.917. The summed E-state index contributed by atoms with van der Waals surface area (Å²) in [6.45, 7) is 5.93. The van der Waals surface area contributed by atoms with Crippen LogP contribution in [0.5, 0.6) is 5.75 Å². The molecule has 3 heteroatoms. The van der Waals surface area contributed by atoms with Gasteiger partial charge in [0.15, 0.2) is 0 Å². The standard InChI is InChI=1S/C17H25NO2/c1-12-7-13(2)9-17(8-12)20-6-5-18-14-3-4-15(18)11-16(19)10-14/h7-9,14-16,19H,3-6,10-11H2,1-2H3. The van der Waals surface area contributed by atoms with Gasteiger partial charge in [-0.1, -0.05) is 6.07 Å². The molecule has 2 atom stereocenters. The second-order valence-electron chi connectivity index (χ2n) is 6.42. The summed E-state index contributed by atoms with van der Waals surface area (Å²) in [7, 11) is 0. The fraction of sp³-hybridized carbons (Fsp3) is 0.647. The molecule has 2 heterocycles. The van der Waals surface area contributed by atoms with Gasteiger partial charge in [0, 0.05) is 18.6 Å². The molecule has 110 valence electrons. The summed E-state index contributed by atoms with van der Waals surface area (Å²) in [6.07, 6.45) is 4.29. The van der Waals surface area contributed by atoms with Gasteiger partial charge < -0.3 is 9.84 Å². The van der Waals surface area contributed by atoms with Crippen LogP contribution in [0.25, 0.3) is 0 Å². The molecule has 0 aromatic heterocycles. The smallest absolute Gasteiger partial charge is 0.119 e. The minimum atomic E-state index is -0.0795. The highest BCUT2D eigenvalue weighted by molar-refractivity contribution is 5.32. The van der Waals surface area contributed by atoms with Crippen LogP contribution in [0.3, 0.4) is 0 Å². The van der Waals surface area contributed by atoms with E-state index in [1.54, 1.807) is 0 Å². The average Bonchev–Trinajstić information content (AvgIpc) is 2.61. The Hall–Kier alpha value is -1.06. The molecular formula is C17H25NO2. The second kappa shape index (κ2) is 5.74. The Bertz CT molecular complexity index is 440.